The normalized spacial score (nSPS) is 13.3. The van der Waals surface area contributed by atoms with Crippen molar-refractivity contribution in [2.45, 2.75) is 33.3 Å². The van der Waals surface area contributed by atoms with Gasteiger partial charge in [-0.15, -0.1) is 0 Å². The van der Waals surface area contributed by atoms with Gasteiger partial charge in [-0.2, -0.15) is 0 Å². The lowest BCUT2D eigenvalue weighted by atomic mass is 10.1. The summed E-state index contributed by atoms with van der Waals surface area (Å²) in [4.78, 5) is 11.5. The predicted octanol–water partition coefficient (Wildman–Crippen LogP) is 2.08. The zero-order valence-corrected chi connectivity index (χ0v) is 13.1. The largest absolute Gasteiger partial charge is 0.492 e. The van der Waals surface area contributed by atoms with E-state index in [-0.39, 0.29) is 18.1 Å². The third kappa shape index (κ3) is 8.19. The van der Waals surface area contributed by atoms with Crippen LogP contribution >= 0.6 is 0 Å². The molecule has 0 radical (unpaired) electrons. The van der Waals surface area contributed by atoms with Gasteiger partial charge in [0.15, 0.2) is 0 Å². The zero-order valence-electron chi connectivity index (χ0n) is 13.1. The van der Waals surface area contributed by atoms with E-state index >= 15 is 0 Å². The Hall–Kier alpha value is -1.75. The summed E-state index contributed by atoms with van der Waals surface area (Å²) in [6, 6.07) is 7.58. The van der Waals surface area contributed by atoms with Gasteiger partial charge in [-0.25, -0.2) is 4.79 Å². The molecule has 0 spiro atoms. The van der Waals surface area contributed by atoms with Gasteiger partial charge >= 0.3 is 6.03 Å². The molecule has 2 unspecified atom stereocenters. The third-order valence-electron chi connectivity index (χ3n) is 3.03. The highest BCUT2D eigenvalue weighted by Gasteiger charge is 2.07. The number of benzene rings is 1. The number of amides is 2. The summed E-state index contributed by atoms with van der Waals surface area (Å²) in [5.74, 6) is 1.05. The van der Waals surface area contributed by atoms with Crippen LogP contribution in [-0.2, 0) is 0 Å². The van der Waals surface area contributed by atoms with Gasteiger partial charge in [-0.1, -0.05) is 24.6 Å². The average molecular weight is 294 g/mol. The molecule has 1 aromatic rings. The first kappa shape index (κ1) is 17.3. The van der Waals surface area contributed by atoms with Crippen molar-refractivity contribution in [1.82, 2.24) is 10.6 Å². The highest BCUT2D eigenvalue weighted by molar-refractivity contribution is 5.73. The molecule has 0 aliphatic rings. The van der Waals surface area contributed by atoms with Gasteiger partial charge in [0.2, 0.25) is 0 Å². The van der Waals surface area contributed by atoms with E-state index < -0.39 is 0 Å². The lowest BCUT2D eigenvalue weighted by Crippen LogP contribution is -2.39. The van der Waals surface area contributed by atoms with E-state index in [1.54, 1.807) is 6.92 Å². The first-order valence-electron chi connectivity index (χ1n) is 7.36. The Morgan fingerprint density at radius 3 is 2.52 bits per heavy atom. The Morgan fingerprint density at radius 1 is 1.24 bits per heavy atom. The minimum atomic E-state index is -0.340. The maximum atomic E-state index is 11.5. The molecule has 0 aliphatic heterocycles. The van der Waals surface area contributed by atoms with Gasteiger partial charge < -0.3 is 20.5 Å². The number of urea groups is 1. The fraction of sp³-hybridized carbons (Fsp3) is 0.562. The number of rotatable bonds is 8. The van der Waals surface area contributed by atoms with Crippen LogP contribution in [0.4, 0.5) is 4.79 Å². The van der Waals surface area contributed by atoms with E-state index in [4.69, 9.17) is 4.74 Å². The van der Waals surface area contributed by atoms with Gasteiger partial charge in [0.1, 0.15) is 12.4 Å². The predicted molar refractivity (Wildman–Crippen MR) is 83.5 cm³/mol. The van der Waals surface area contributed by atoms with Crippen molar-refractivity contribution in [2.24, 2.45) is 5.92 Å². The van der Waals surface area contributed by atoms with Crippen LogP contribution in [0.5, 0.6) is 5.75 Å². The van der Waals surface area contributed by atoms with Crippen LogP contribution in [0.3, 0.4) is 0 Å². The van der Waals surface area contributed by atoms with E-state index in [9.17, 15) is 9.90 Å². The molecule has 0 saturated carbocycles. The third-order valence-corrected chi connectivity index (χ3v) is 3.03. The fourth-order valence-electron chi connectivity index (χ4n) is 1.96. The van der Waals surface area contributed by atoms with E-state index in [0.29, 0.717) is 26.1 Å². The number of aliphatic hydroxyl groups excluding tert-OH is 1. The molecule has 0 saturated heterocycles. The number of carbonyl (C=O) groups excluding carboxylic acids is 1. The van der Waals surface area contributed by atoms with Crippen molar-refractivity contribution in [2.75, 3.05) is 19.7 Å². The van der Waals surface area contributed by atoms with Gasteiger partial charge in [0, 0.05) is 6.54 Å². The number of carbonyl (C=O) groups is 1. The first-order valence-corrected chi connectivity index (χ1v) is 7.36. The highest BCUT2D eigenvalue weighted by Crippen LogP contribution is 2.10. The van der Waals surface area contributed by atoms with Crippen molar-refractivity contribution < 1.29 is 14.6 Å². The number of hydrogen-bond acceptors (Lipinski definition) is 3. The molecule has 3 N–H and O–H groups in total. The molecule has 0 fully saturated rings. The summed E-state index contributed by atoms with van der Waals surface area (Å²) >= 11 is 0. The minimum Gasteiger partial charge on any atom is -0.492 e. The molecule has 5 heteroatoms. The first-order chi connectivity index (χ1) is 9.97. The monoisotopic (exact) mass is 294 g/mol. The number of hydrogen-bond donors (Lipinski definition) is 3. The topological polar surface area (TPSA) is 70.6 Å². The van der Waals surface area contributed by atoms with E-state index in [2.05, 4.69) is 10.6 Å². The minimum absolute atomic E-state index is 0.208. The second-order valence-electron chi connectivity index (χ2n) is 5.49. The molecule has 0 aromatic heterocycles. The van der Waals surface area contributed by atoms with Crippen LogP contribution in [-0.4, -0.2) is 36.9 Å². The Labute approximate surface area is 126 Å². The fourth-order valence-corrected chi connectivity index (χ4v) is 1.96. The SMILES string of the molecule is Cc1ccc(OCCNC(=O)NCC(C)CC(C)O)cc1. The van der Waals surface area contributed by atoms with E-state index in [0.717, 1.165) is 5.75 Å². The summed E-state index contributed by atoms with van der Waals surface area (Å²) in [7, 11) is 0. The lowest BCUT2D eigenvalue weighted by Gasteiger charge is -2.14. The van der Waals surface area contributed by atoms with Crippen LogP contribution < -0.4 is 15.4 Å². The second-order valence-corrected chi connectivity index (χ2v) is 5.49. The maximum Gasteiger partial charge on any atom is 0.314 e. The van der Waals surface area contributed by atoms with Gasteiger partial charge in [-0.05, 0) is 38.3 Å². The molecule has 0 heterocycles. The highest BCUT2D eigenvalue weighted by atomic mass is 16.5. The number of aryl methyl sites for hydroxylation is 1. The standard InChI is InChI=1S/C16H26N2O3/c1-12-4-6-15(7-5-12)21-9-8-17-16(20)18-11-13(2)10-14(3)19/h4-7,13-14,19H,8-11H2,1-3H3,(H2,17,18,20). The molecular formula is C16H26N2O3. The van der Waals surface area contributed by atoms with Crippen LogP contribution in [0, 0.1) is 12.8 Å². The van der Waals surface area contributed by atoms with Crippen molar-refractivity contribution in [3.8, 4) is 5.75 Å². The molecule has 1 aromatic carbocycles. The van der Waals surface area contributed by atoms with Crippen molar-refractivity contribution in [3.63, 3.8) is 0 Å². The van der Waals surface area contributed by atoms with Crippen molar-refractivity contribution in [3.05, 3.63) is 29.8 Å². The van der Waals surface area contributed by atoms with Crippen LogP contribution in [0.1, 0.15) is 25.8 Å². The Morgan fingerprint density at radius 2 is 1.90 bits per heavy atom. The molecule has 2 amide bonds. The summed E-state index contributed by atoms with van der Waals surface area (Å²) in [6.07, 6.45) is 0.337. The van der Waals surface area contributed by atoms with Crippen LogP contribution in [0.2, 0.25) is 0 Å². The molecule has 5 nitrogen and oxygen atoms in total. The van der Waals surface area contributed by atoms with Crippen LogP contribution in [0.15, 0.2) is 24.3 Å². The summed E-state index contributed by atoms with van der Waals surface area (Å²) in [5.41, 5.74) is 1.19. The van der Waals surface area contributed by atoms with Gasteiger partial charge in [0.25, 0.3) is 0 Å². The average Bonchev–Trinajstić information content (AvgIpc) is 2.42. The Bertz CT molecular complexity index is 418. The molecule has 2 atom stereocenters. The number of aliphatic hydroxyl groups is 1. The van der Waals surface area contributed by atoms with Gasteiger partial charge in [-0.3, -0.25) is 0 Å². The molecular weight excluding hydrogens is 268 g/mol. The molecule has 21 heavy (non-hydrogen) atoms. The molecule has 0 aliphatic carbocycles. The molecule has 1 rings (SSSR count). The molecule has 118 valence electrons. The Balaban J connectivity index is 2.09. The van der Waals surface area contributed by atoms with E-state index in [1.165, 1.54) is 5.56 Å². The van der Waals surface area contributed by atoms with Gasteiger partial charge in [0.05, 0.1) is 12.6 Å². The smallest absolute Gasteiger partial charge is 0.314 e. The van der Waals surface area contributed by atoms with Crippen molar-refractivity contribution in [1.29, 1.82) is 0 Å². The van der Waals surface area contributed by atoms with Crippen LogP contribution in [0.25, 0.3) is 0 Å². The Kier molecular flexibility index (Phi) is 7.61. The summed E-state index contributed by atoms with van der Waals surface area (Å²) < 4.78 is 5.51. The molecule has 0 bridgehead atoms. The lowest BCUT2D eigenvalue weighted by molar-refractivity contribution is 0.163. The number of nitrogens with one attached hydrogen (secondary N) is 2. The summed E-state index contributed by atoms with van der Waals surface area (Å²) in [6.45, 7) is 7.19. The second kappa shape index (κ2) is 9.23. The zero-order chi connectivity index (χ0) is 15.7. The number of ether oxygens (including phenoxy) is 1. The quantitative estimate of drug-likeness (QED) is 0.643. The van der Waals surface area contributed by atoms with E-state index in [1.807, 2.05) is 38.1 Å². The maximum absolute atomic E-state index is 11.5. The summed E-state index contributed by atoms with van der Waals surface area (Å²) in [5, 5.41) is 14.8. The van der Waals surface area contributed by atoms with Crippen molar-refractivity contribution >= 4 is 6.03 Å².